The zero-order valence-electron chi connectivity index (χ0n) is 15.8. The van der Waals surface area contributed by atoms with Gasteiger partial charge in [-0.3, -0.25) is 4.98 Å². The zero-order chi connectivity index (χ0) is 18.9. The Balaban J connectivity index is 1.60. The summed E-state index contributed by atoms with van der Waals surface area (Å²) in [6, 6.07) is 9.92. The Bertz CT molecular complexity index is 993. The number of fused-ring (bicyclic) bond motifs is 1. The van der Waals surface area contributed by atoms with Gasteiger partial charge in [-0.05, 0) is 48.6 Å². The lowest BCUT2D eigenvalue weighted by Gasteiger charge is -2.31. The summed E-state index contributed by atoms with van der Waals surface area (Å²) in [7, 11) is 0. The molecular formula is C22H22N4O2. The molecule has 0 saturated carbocycles. The van der Waals surface area contributed by atoms with Crippen LogP contribution in [0.15, 0.2) is 48.9 Å². The first-order valence-electron chi connectivity index (χ1n) is 9.70. The fourth-order valence-electron chi connectivity index (χ4n) is 3.89. The van der Waals surface area contributed by atoms with Crippen molar-refractivity contribution in [1.29, 1.82) is 0 Å². The standard InChI is InChI=1S/C22H22N4O2/c1-15-4-3-9-26(13-15)22-24-12-18(21(25-22)17-5-2-8-23-11-17)16-6-7-19-20(10-16)28-14-27-19/h2,5-8,10-12,15H,3-4,9,13-14H2,1H3/t15-/m1/s1. The second-order valence-corrected chi connectivity index (χ2v) is 7.44. The van der Waals surface area contributed by atoms with E-state index in [2.05, 4.69) is 16.8 Å². The van der Waals surface area contributed by atoms with Gasteiger partial charge >= 0.3 is 0 Å². The number of ether oxygens (including phenoxy) is 2. The van der Waals surface area contributed by atoms with E-state index in [0.717, 1.165) is 52.9 Å². The topological polar surface area (TPSA) is 60.4 Å². The van der Waals surface area contributed by atoms with E-state index in [1.807, 2.05) is 42.7 Å². The average molecular weight is 374 g/mol. The molecule has 1 fully saturated rings. The Labute approximate surface area is 164 Å². The number of nitrogens with zero attached hydrogens (tertiary/aromatic N) is 4. The van der Waals surface area contributed by atoms with Crippen LogP contribution in [0, 0.1) is 5.92 Å². The third kappa shape index (κ3) is 3.15. The van der Waals surface area contributed by atoms with Crippen molar-refractivity contribution in [2.24, 2.45) is 5.92 Å². The summed E-state index contributed by atoms with van der Waals surface area (Å²) >= 11 is 0. The van der Waals surface area contributed by atoms with Crippen LogP contribution in [0.1, 0.15) is 19.8 Å². The molecule has 4 heterocycles. The van der Waals surface area contributed by atoms with Crippen LogP contribution in [0.4, 0.5) is 5.95 Å². The van der Waals surface area contributed by atoms with Crippen LogP contribution in [0.3, 0.4) is 0 Å². The van der Waals surface area contributed by atoms with Gasteiger partial charge in [-0.15, -0.1) is 0 Å². The molecule has 2 aromatic heterocycles. The van der Waals surface area contributed by atoms with Crippen LogP contribution in [-0.4, -0.2) is 34.8 Å². The highest BCUT2D eigenvalue weighted by Gasteiger charge is 2.22. The Kier molecular flexibility index (Phi) is 4.31. The zero-order valence-corrected chi connectivity index (χ0v) is 15.8. The van der Waals surface area contributed by atoms with Gasteiger partial charge in [0.05, 0.1) is 5.69 Å². The van der Waals surface area contributed by atoms with E-state index in [1.54, 1.807) is 6.20 Å². The van der Waals surface area contributed by atoms with E-state index in [9.17, 15) is 0 Å². The molecule has 5 rings (SSSR count). The lowest BCUT2D eigenvalue weighted by Crippen LogP contribution is -2.35. The molecule has 3 aromatic rings. The summed E-state index contributed by atoms with van der Waals surface area (Å²) in [5, 5.41) is 0. The van der Waals surface area contributed by atoms with Crippen LogP contribution < -0.4 is 14.4 Å². The lowest BCUT2D eigenvalue weighted by molar-refractivity contribution is 0.174. The smallest absolute Gasteiger partial charge is 0.231 e. The molecule has 0 radical (unpaired) electrons. The maximum absolute atomic E-state index is 5.55. The van der Waals surface area contributed by atoms with Gasteiger partial charge in [-0.1, -0.05) is 13.0 Å². The van der Waals surface area contributed by atoms with Crippen molar-refractivity contribution in [3.63, 3.8) is 0 Å². The molecule has 0 spiro atoms. The molecule has 1 aromatic carbocycles. The second-order valence-electron chi connectivity index (χ2n) is 7.44. The van der Waals surface area contributed by atoms with E-state index in [4.69, 9.17) is 19.4 Å². The highest BCUT2D eigenvalue weighted by Crippen LogP contribution is 2.38. The van der Waals surface area contributed by atoms with Gasteiger partial charge in [0.25, 0.3) is 0 Å². The summed E-state index contributed by atoms with van der Waals surface area (Å²) in [6.07, 6.45) is 7.99. The van der Waals surface area contributed by atoms with Gasteiger partial charge in [-0.25, -0.2) is 9.97 Å². The first kappa shape index (κ1) is 17.0. The fourth-order valence-corrected chi connectivity index (χ4v) is 3.89. The molecule has 2 aliphatic heterocycles. The normalized spacial score (nSPS) is 18.3. The summed E-state index contributed by atoms with van der Waals surface area (Å²) in [6.45, 7) is 4.54. The van der Waals surface area contributed by atoms with Gasteiger partial charge in [0.2, 0.25) is 12.7 Å². The molecule has 0 N–H and O–H groups in total. The monoisotopic (exact) mass is 374 g/mol. The van der Waals surface area contributed by atoms with Crippen LogP contribution in [-0.2, 0) is 0 Å². The summed E-state index contributed by atoms with van der Waals surface area (Å²) in [5.41, 5.74) is 3.82. The quantitative estimate of drug-likeness (QED) is 0.686. The van der Waals surface area contributed by atoms with E-state index >= 15 is 0 Å². The maximum atomic E-state index is 5.55. The van der Waals surface area contributed by atoms with Crippen molar-refractivity contribution in [3.8, 4) is 33.9 Å². The van der Waals surface area contributed by atoms with Gasteiger partial charge in [0, 0.05) is 42.8 Å². The Hall–Kier alpha value is -3.15. The number of piperidine rings is 1. The summed E-state index contributed by atoms with van der Waals surface area (Å²) < 4.78 is 11.0. The number of benzene rings is 1. The highest BCUT2D eigenvalue weighted by molar-refractivity contribution is 5.81. The van der Waals surface area contributed by atoms with Crippen molar-refractivity contribution in [2.45, 2.75) is 19.8 Å². The molecule has 28 heavy (non-hydrogen) atoms. The van der Waals surface area contributed by atoms with Crippen LogP contribution in [0.5, 0.6) is 11.5 Å². The molecule has 0 amide bonds. The summed E-state index contributed by atoms with van der Waals surface area (Å²) in [5.74, 6) is 2.97. The van der Waals surface area contributed by atoms with Crippen molar-refractivity contribution in [2.75, 3.05) is 24.8 Å². The SMILES string of the molecule is C[C@@H]1CCCN(c2ncc(-c3ccc4c(c3)OCO4)c(-c3cccnc3)n2)C1. The molecule has 6 nitrogen and oxygen atoms in total. The van der Waals surface area contributed by atoms with E-state index in [-0.39, 0.29) is 6.79 Å². The molecule has 0 unspecified atom stereocenters. The number of pyridine rings is 1. The van der Waals surface area contributed by atoms with Crippen molar-refractivity contribution < 1.29 is 9.47 Å². The van der Waals surface area contributed by atoms with Crippen molar-refractivity contribution in [3.05, 3.63) is 48.9 Å². The molecule has 6 heteroatoms. The molecule has 0 aliphatic carbocycles. The maximum Gasteiger partial charge on any atom is 0.231 e. The Morgan fingerprint density at radius 2 is 2.00 bits per heavy atom. The van der Waals surface area contributed by atoms with E-state index in [1.165, 1.54) is 12.8 Å². The largest absolute Gasteiger partial charge is 0.454 e. The minimum absolute atomic E-state index is 0.261. The van der Waals surface area contributed by atoms with Crippen molar-refractivity contribution in [1.82, 2.24) is 15.0 Å². The molecule has 1 saturated heterocycles. The minimum atomic E-state index is 0.261. The number of aromatic nitrogens is 3. The van der Waals surface area contributed by atoms with E-state index < -0.39 is 0 Å². The average Bonchev–Trinajstić information content (AvgIpc) is 3.22. The first-order valence-corrected chi connectivity index (χ1v) is 9.70. The van der Waals surface area contributed by atoms with Crippen LogP contribution >= 0.6 is 0 Å². The van der Waals surface area contributed by atoms with Crippen molar-refractivity contribution >= 4 is 5.95 Å². The third-order valence-electron chi connectivity index (χ3n) is 5.33. The lowest BCUT2D eigenvalue weighted by atomic mass is 10.00. The number of rotatable bonds is 3. The molecule has 1 atom stereocenters. The number of hydrogen-bond acceptors (Lipinski definition) is 6. The van der Waals surface area contributed by atoms with Gasteiger partial charge < -0.3 is 14.4 Å². The van der Waals surface area contributed by atoms with Gasteiger partial charge in [-0.2, -0.15) is 0 Å². The van der Waals surface area contributed by atoms with Crippen LogP contribution in [0.2, 0.25) is 0 Å². The van der Waals surface area contributed by atoms with E-state index in [0.29, 0.717) is 5.92 Å². The summed E-state index contributed by atoms with van der Waals surface area (Å²) in [4.78, 5) is 16.3. The molecule has 2 aliphatic rings. The molecule has 0 bridgehead atoms. The Morgan fingerprint density at radius 3 is 2.86 bits per heavy atom. The molecular weight excluding hydrogens is 352 g/mol. The van der Waals surface area contributed by atoms with Gasteiger partial charge in [0.15, 0.2) is 11.5 Å². The first-order chi connectivity index (χ1) is 13.8. The minimum Gasteiger partial charge on any atom is -0.454 e. The molecule has 142 valence electrons. The van der Waals surface area contributed by atoms with Crippen LogP contribution in [0.25, 0.3) is 22.4 Å². The fraction of sp³-hybridized carbons (Fsp3) is 0.318. The van der Waals surface area contributed by atoms with Gasteiger partial charge in [0.1, 0.15) is 0 Å². The third-order valence-corrected chi connectivity index (χ3v) is 5.33. The predicted molar refractivity (Wildman–Crippen MR) is 107 cm³/mol. The second kappa shape index (κ2) is 7.11. The predicted octanol–water partition coefficient (Wildman–Crippen LogP) is 4.17. The Morgan fingerprint density at radius 1 is 1.07 bits per heavy atom. The number of hydrogen-bond donors (Lipinski definition) is 0. The highest BCUT2D eigenvalue weighted by atomic mass is 16.7. The number of anilines is 1.